The van der Waals surface area contributed by atoms with Crippen LogP contribution >= 0.6 is 23.5 Å². The first-order valence-corrected chi connectivity index (χ1v) is 9.00. The van der Waals surface area contributed by atoms with Crippen molar-refractivity contribution in [3.8, 4) is 0 Å². The molecule has 1 atom stereocenters. The maximum absolute atomic E-state index is 4.75. The number of aliphatic imine (C=N–C) groups is 1. The predicted octanol–water partition coefficient (Wildman–Crippen LogP) is 3.63. The van der Waals surface area contributed by atoms with Crippen molar-refractivity contribution < 1.29 is 0 Å². The minimum atomic E-state index is 0.455. The van der Waals surface area contributed by atoms with E-state index < -0.39 is 0 Å². The number of amidine groups is 1. The fraction of sp³-hybridized carbons (Fsp3) is 0.923. The summed E-state index contributed by atoms with van der Waals surface area (Å²) in [4.78, 5) is 4.75. The number of nitrogens with zero attached hydrogens (tertiary/aromatic N) is 1. The molecular weight excluding hydrogens is 248 g/mol. The summed E-state index contributed by atoms with van der Waals surface area (Å²) in [6, 6.07) is 0.576. The van der Waals surface area contributed by atoms with E-state index in [-0.39, 0.29) is 0 Å². The molecular formula is C13H26N2S2. The lowest BCUT2D eigenvalue weighted by atomic mass is 9.84. The molecule has 1 unspecified atom stereocenters. The molecule has 0 radical (unpaired) electrons. The lowest BCUT2D eigenvalue weighted by Gasteiger charge is -2.34. The molecule has 4 heteroatoms. The molecule has 0 amide bonds. The second-order valence-corrected chi connectivity index (χ2v) is 6.70. The van der Waals surface area contributed by atoms with E-state index in [0.717, 1.165) is 6.54 Å². The van der Waals surface area contributed by atoms with Gasteiger partial charge in [-0.2, -0.15) is 11.8 Å². The van der Waals surface area contributed by atoms with E-state index >= 15 is 0 Å². The summed E-state index contributed by atoms with van der Waals surface area (Å²) in [5, 5.41) is 4.75. The Morgan fingerprint density at radius 3 is 2.53 bits per heavy atom. The second kappa shape index (κ2) is 7.57. The van der Waals surface area contributed by atoms with Crippen LogP contribution in [0.4, 0.5) is 0 Å². The van der Waals surface area contributed by atoms with Crippen molar-refractivity contribution in [2.75, 3.05) is 24.3 Å². The highest BCUT2D eigenvalue weighted by atomic mass is 32.2. The van der Waals surface area contributed by atoms with Crippen LogP contribution < -0.4 is 5.32 Å². The molecule has 1 aliphatic heterocycles. The summed E-state index contributed by atoms with van der Waals surface area (Å²) < 4.78 is 0. The first-order chi connectivity index (χ1) is 8.19. The number of thioether (sulfide) groups is 2. The molecule has 0 saturated carbocycles. The average Bonchev–Trinajstić information content (AvgIpc) is 2.39. The van der Waals surface area contributed by atoms with Gasteiger partial charge in [-0.3, -0.25) is 4.99 Å². The standard InChI is InChI=1S/C13H26N2S2/c1-5-11(8-16-4)15-12-14-9-13(6-2,7-3)10-17-12/h11H,5-10H2,1-4H3,(H,14,15). The predicted molar refractivity (Wildman–Crippen MR) is 83.4 cm³/mol. The summed E-state index contributed by atoms with van der Waals surface area (Å²) in [5.74, 6) is 2.39. The van der Waals surface area contributed by atoms with Crippen LogP contribution in [0.5, 0.6) is 0 Å². The van der Waals surface area contributed by atoms with Gasteiger partial charge in [0.15, 0.2) is 5.17 Å². The van der Waals surface area contributed by atoms with E-state index in [9.17, 15) is 0 Å². The highest BCUT2D eigenvalue weighted by molar-refractivity contribution is 8.13. The Labute approximate surface area is 115 Å². The summed E-state index contributed by atoms with van der Waals surface area (Å²) in [6.45, 7) is 7.83. The minimum absolute atomic E-state index is 0.455. The lowest BCUT2D eigenvalue weighted by Crippen LogP contribution is -2.39. The van der Waals surface area contributed by atoms with Gasteiger partial charge in [-0.25, -0.2) is 0 Å². The second-order valence-electron chi connectivity index (χ2n) is 4.82. The van der Waals surface area contributed by atoms with Crippen molar-refractivity contribution in [3.63, 3.8) is 0 Å². The van der Waals surface area contributed by atoms with Crippen LogP contribution in [0.2, 0.25) is 0 Å². The van der Waals surface area contributed by atoms with Gasteiger partial charge in [0, 0.05) is 24.1 Å². The van der Waals surface area contributed by atoms with Gasteiger partial charge in [0.2, 0.25) is 0 Å². The van der Waals surface area contributed by atoms with Crippen LogP contribution in [-0.4, -0.2) is 35.5 Å². The van der Waals surface area contributed by atoms with Gasteiger partial charge in [0.1, 0.15) is 0 Å². The molecule has 0 spiro atoms. The van der Waals surface area contributed by atoms with Gasteiger partial charge < -0.3 is 5.32 Å². The fourth-order valence-electron chi connectivity index (χ4n) is 1.95. The molecule has 0 aliphatic carbocycles. The average molecular weight is 274 g/mol. The third-order valence-electron chi connectivity index (χ3n) is 3.76. The van der Waals surface area contributed by atoms with E-state index in [1.165, 1.54) is 35.9 Å². The van der Waals surface area contributed by atoms with Crippen molar-refractivity contribution >= 4 is 28.7 Å². The lowest BCUT2D eigenvalue weighted by molar-refractivity contribution is 0.318. The number of rotatable bonds is 6. The molecule has 0 saturated heterocycles. The molecule has 0 aromatic carbocycles. The zero-order valence-corrected chi connectivity index (χ0v) is 13.2. The van der Waals surface area contributed by atoms with Crippen molar-refractivity contribution in [3.05, 3.63) is 0 Å². The van der Waals surface area contributed by atoms with Crippen LogP contribution in [-0.2, 0) is 0 Å². The molecule has 1 aliphatic rings. The molecule has 2 nitrogen and oxygen atoms in total. The van der Waals surface area contributed by atoms with Gasteiger partial charge >= 0.3 is 0 Å². The minimum Gasteiger partial charge on any atom is -0.361 e. The highest BCUT2D eigenvalue weighted by Crippen LogP contribution is 2.34. The molecule has 1 heterocycles. The third-order valence-corrected chi connectivity index (χ3v) is 5.77. The number of hydrogen-bond acceptors (Lipinski definition) is 4. The van der Waals surface area contributed by atoms with Crippen molar-refractivity contribution in [1.29, 1.82) is 0 Å². The van der Waals surface area contributed by atoms with Crippen LogP contribution in [0, 0.1) is 5.41 Å². The number of nitrogens with one attached hydrogen (secondary N) is 1. The topological polar surface area (TPSA) is 24.4 Å². The number of hydrogen-bond donors (Lipinski definition) is 1. The van der Waals surface area contributed by atoms with E-state index in [2.05, 4.69) is 32.3 Å². The summed E-state index contributed by atoms with van der Waals surface area (Å²) in [5.41, 5.74) is 0.455. The van der Waals surface area contributed by atoms with Gasteiger partial charge in [-0.05, 0) is 30.9 Å². The zero-order chi connectivity index (χ0) is 12.7. The first-order valence-electron chi connectivity index (χ1n) is 6.62. The van der Waals surface area contributed by atoms with Gasteiger partial charge in [-0.1, -0.05) is 32.5 Å². The monoisotopic (exact) mass is 274 g/mol. The summed E-state index contributed by atoms with van der Waals surface area (Å²) >= 11 is 3.82. The smallest absolute Gasteiger partial charge is 0.156 e. The Morgan fingerprint density at radius 1 is 1.41 bits per heavy atom. The van der Waals surface area contributed by atoms with E-state index in [1.807, 2.05) is 23.5 Å². The molecule has 0 fully saturated rings. The van der Waals surface area contributed by atoms with Crippen LogP contribution in [0.3, 0.4) is 0 Å². The van der Waals surface area contributed by atoms with E-state index in [1.54, 1.807) is 0 Å². The van der Waals surface area contributed by atoms with Gasteiger partial charge in [0.25, 0.3) is 0 Å². The summed E-state index contributed by atoms with van der Waals surface area (Å²) in [7, 11) is 0. The quantitative estimate of drug-likeness (QED) is 0.800. The maximum atomic E-state index is 4.75. The van der Waals surface area contributed by atoms with Crippen LogP contribution in [0.1, 0.15) is 40.0 Å². The Hall–Kier alpha value is 0.170. The zero-order valence-electron chi connectivity index (χ0n) is 11.6. The first kappa shape index (κ1) is 15.2. The Bertz CT molecular complexity index is 250. The molecule has 100 valence electrons. The molecule has 0 bridgehead atoms. The molecule has 1 rings (SSSR count). The fourth-order valence-corrected chi connectivity index (χ4v) is 4.02. The van der Waals surface area contributed by atoms with Gasteiger partial charge in [0.05, 0.1) is 0 Å². The van der Waals surface area contributed by atoms with Gasteiger partial charge in [-0.15, -0.1) is 0 Å². The molecule has 1 N–H and O–H groups in total. The summed E-state index contributed by atoms with van der Waals surface area (Å²) in [6.07, 6.45) is 5.83. The van der Waals surface area contributed by atoms with Crippen molar-refractivity contribution in [2.45, 2.75) is 46.1 Å². The molecule has 0 aromatic rings. The van der Waals surface area contributed by atoms with Crippen LogP contribution in [0.25, 0.3) is 0 Å². The largest absolute Gasteiger partial charge is 0.361 e. The molecule has 0 aromatic heterocycles. The Kier molecular flexibility index (Phi) is 6.78. The normalized spacial score (nSPS) is 20.8. The Balaban J connectivity index is 2.50. The molecule has 17 heavy (non-hydrogen) atoms. The van der Waals surface area contributed by atoms with E-state index in [0.29, 0.717) is 11.5 Å². The van der Waals surface area contributed by atoms with Crippen molar-refractivity contribution in [2.24, 2.45) is 10.4 Å². The van der Waals surface area contributed by atoms with Crippen molar-refractivity contribution in [1.82, 2.24) is 5.32 Å². The Morgan fingerprint density at radius 2 is 2.12 bits per heavy atom. The highest BCUT2D eigenvalue weighted by Gasteiger charge is 2.30. The van der Waals surface area contributed by atoms with Crippen LogP contribution in [0.15, 0.2) is 4.99 Å². The van der Waals surface area contributed by atoms with E-state index in [4.69, 9.17) is 4.99 Å². The maximum Gasteiger partial charge on any atom is 0.156 e. The third kappa shape index (κ3) is 4.40. The SMILES string of the molecule is CCC(CSC)NC1=NCC(CC)(CC)CS1.